The van der Waals surface area contributed by atoms with Crippen molar-refractivity contribution in [3.8, 4) is 0 Å². The molecule has 0 saturated heterocycles. The van der Waals surface area contributed by atoms with Crippen molar-refractivity contribution in [1.29, 1.82) is 0 Å². The zero-order valence-electron chi connectivity index (χ0n) is 13.8. The average molecular weight is 365 g/mol. The number of hydrogen-bond donors (Lipinski definition) is 2. The second-order valence-electron chi connectivity index (χ2n) is 5.83. The van der Waals surface area contributed by atoms with Crippen LogP contribution >= 0.6 is 0 Å². The third-order valence-corrected chi connectivity index (χ3v) is 5.34. The van der Waals surface area contributed by atoms with Crippen LogP contribution in [0.4, 0.5) is 4.39 Å². The van der Waals surface area contributed by atoms with Gasteiger partial charge < -0.3 is 5.11 Å². The van der Waals surface area contributed by atoms with Crippen LogP contribution in [0.2, 0.25) is 0 Å². The lowest BCUT2D eigenvalue weighted by molar-refractivity contribution is -0.137. The zero-order valence-corrected chi connectivity index (χ0v) is 14.6. The fourth-order valence-corrected chi connectivity index (χ4v) is 3.93. The van der Waals surface area contributed by atoms with Crippen molar-refractivity contribution in [3.63, 3.8) is 0 Å². The molecule has 0 spiro atoms. The van der Waals surface area contributed by atoms with Gasteiger partial charge in [-0.05, 0) is 37.0 Å². The molecule has 0 heterocycles. The molecule has 0 aromatic heterocycles. The van der Waals surface area contributed by atoms with Gasteiger partial charge in [-0.25, -0.2) is 17.5 Å². The van der Waals surface area contributed by atoms with Crippen molar-refractivity contribution < 1.29 is 22.7 Å². The molecule has 0 saturated carbocycles. The van der Waals surface area contributed by atoms with Crippen LogP contribution in [0.25, 0.3) is 0 Å². The Morgan fingerprint density at radius 2 is 1.84 bits per heavy atom. The largest absolute Gasteiger partial charge is 0.481 e. The molecule has 2 rings (SSSR count). The Kier molecular flexibility index (Phi) is 6.27. The van der Waals surface area contributed by atoms with E-state index in [1.165, 1.54) is 25.1 Å². The van der Waals surface area contributed by atoms with Gasteiger partial charge in [0.1, 0.15) is 10.7 Å². The van der Waals surface area contributed by atoms with E-state index < -0.39 is 32.7 Å². The standard InChI is InChI=1S/C18H20FNO4S/c1-13-6-5-9-16(18(13)19)25(23,24)20-15(10-11-17(21)22)12-14-7-3-2-4-8-14/h2-9,15,20H,10-12H2,1H3,(H,21,22). The molecule has 5 nitrogen and oxygen atoms in total. The molecule has 0 amide bonds. The van der Waals surface area contributed by atoms with Crippen LogP contribution in [0.15, 0.2) is 53.4 Å². The molecule has 0 aliphatic heterocycles. The molecule has 2 aromatic carbocycles. The van der Waals surface area contributed by atoms with Gasteiger partial charge in [-0.1, -0.05) is 42.5 Å². The minimum Gasteiger partial charge on any atom is -0.481 e. The molecule has 1 unspecified atom stereocenters. The normalized spacial score (nSPS) is 12.7. The Morgan fingerprint density at radius 1 is 1.16 bits per heavy atom. The van der Waals surface area contributed by atoms with Gasteiger partial charge in [0.2, 0.25) is 10.0 Å². The topological polar surface area (TPSA) is 83.5 Å². The van der Waals surface area contributed by atoms with E-state index >= 15 is 0 Å². The minimum absolute atomic E-state index is 0.108. The third-order valence-electron chi connectivity index (χ3n) is 3.80. The lowest BCUT2D eigenvalue weighted by Gasteiger charge is -2.19. The SMILES string of the molecule is Cc1cccc(S(=O)(=O)NC(CCC(=O)O)Cc2ccccc2)c1F. The van der Waals surface area contributed by atoms with Gasteiger partial charge in [-0.2, -0.15) is 0 Å². The van der Waals surface area contributed by atoms with E-state index in [0.717, 1.165) is 5.56 Å². The lowest BCUT2D eigenvalue weighted by atomic mass is 10.0. The quantitative estimate of drug-likeness (QED) is 0.753. The highest BCUT2D eigenvalue weighted by Crippen LogP contribution is 2.19. The lowest BCUT2D eigenvalue weighted by Crippen LogP contribution is -2.37. The summed E-state index contributed by atoms with van der Waals surface area (Å²) in [7, 11) is -4.10. The monoisotopic (exact) mass is 365 g/mol. The van der Waals surface area contributed by atoms with Gasteiger partial charge in [0.25, 0.3) is 0 Å². The summed E-state index contributed by atoms with van der Waals surface area (Å²) in [6, 6.07) is 12.6. The van der Waals surface area contributed by atoms with Crippen molar-refractivity contribution in [2.45, 2.75) is 37.1 Å². The molecule has 2 aromatic rings. The van der Waals surface area contributed by atoms with Crippen LogP contribution in [-0.2, 0) is 21.2 Å². The number of halogens is 1. The Hall–Kier alpha value is -2.25. The highest BCUT2D eigenvalue weighted by molar-refractivity contribution is 7.89. The average Bonchev–Trinajstić information content (AvgIpc) is 2.55. The summed E-state index contributed by atoms with van der Waals surface area (Å²) in [6.45, 7) is 1.49. The Morgan fingerprint density at radius 3 is 2.48 bits per heavy atom. The number of carboxylic acids is 1. The number of nitrogens with one attached hydrogen (secondary N) is 1. The highest BCUT2D eigenvalue weighted by atomic mass is 32.2. The maximum atomic E-state index is 14.2. The summed E-state index contributed by atoms with van der Waals surface area (Å²) < 4.78 is 41.7. The third kappa shape index (κ3) is 5.37. The van der Waals surface area contributed by atoms with Gasteiger partial charge in [0.15, 0.2) is 0 Å². The molecule has 0 aliphatic carbocycles. The molecule has 0 fully saturated rings. The van der Waals surface area contributed by atoms with Crippen molar-refractivity contribution in [1.82, 2.24) is 4.72 Å². The van der Waals surface area contributed by atoms with Crippen LogP contribution in [0.5, 0.6) is 0 Å². The molecule has 0 aliphatic rings. The predicted molar refractivity (Wildman–Crippen MR) is 92.3 cm³/mol. The molecule has 7 heteroatoms. The molecular formula is C18H20FNO4S. The second kappa shape index (κ2) is 8.22. The summed E-state index contributed by atoms with van der Waals surface area (Å²) in [4.78, 5) is 10.4. The highest BCUT2D eigenvalue weighted by Gasteiger charge is 2.24. The van der Waals surface area contributed by atoms with E-state index in [0.29, 0.717) is 6.42 Å². The number of hydrogen-bond acceptors (Lipinski definition) is 3. The number of rotatable bonds is 8. The molecule has 0 radical (unpaired) electrons. The Labute approximate surface area is 146 Å². The van der Waals surface area contributed by atoms with Crippen molar-refractivity contribution in [2.24, 2.45) is 0 Å². The summed E-state index contributed by atoms with van der Waals surface area (Å²) >= 11 is 0. The number of carbonyl (C=O) groups is 1. The first-order valence-corrected chi connectivity index (χ1v) is 9.31. The fraction of sp³-hybridized carbons (Fsp3) is 0.278. The molecule has 1 atom stereocenters. The van der Waals surface area contributed by atoms with Crippen LogP contribution < -0.4 is 4.72 Å². The molecule has 25 heavy (non-hydrogen) atoms. The first kappa shape index (κ1) is 19.1. The summed E-state index contributed by atoms with van der Waals surface area (Å²) in [5.74, 6) is -1.81. The maximum Gasteiger partial charge on any atom is 0.303 e. The summed E-state index contributed by atoms with van der Waals surface area (Å²) in [5.41, 5.74) is 1.10. The van der Waals surface area contributed by atoms with Crippen LogP contribution in [0, 0.1) is 12.7 Å². The smallest absolute Gasteiger partial charge is 0.303 e. The van der Waals surface area contributed by atoms with E-state index in [2.05, 4.69) is 4.72 Å². The molecule has 2 N–H and O–H groups in total. The fourth-order valence-electron chi connectivity index (χ4n) is 2.51. The van der Waals surface area contributed by atoms with Gasteiger partial charge in [-0.15, -0.1) is 0 Å². The number of aryl methyl sites for hydroxylation is 1. The van der Waals surface area contributed by atoms with E-state index in [-0.39, 0.29) is 18.4 Å². The van der Waals surface area contributed by atoms with Crippen molar-refractivity contribution in [3.05, 3.63) is 65.5 Å². The van der Waals surface area contributed by atoms with Crippen LogP contribution in [0.3, 0.4) is 0 Å². The summed E-state index contributed by atoms with van der Waals surface area (Å²) in [5, 5.41) is 8.89. The van der Waals surface area contributed by atoms with Crippen molar-refractivity contribution >= 4 is 16.0 Å². The van der Waals surface area contributed by atoms with E-state index in [1.807, 2.05) is 30.3 Å². The molecule has 0 bridgehead atoms. The molecule has 134 valence electrons. The van der Waals surface area contributed by atoms with Crippen LogP contribution in [-0.4, -0.2) is 25.5 Å². The van der Waals surface area contributed by atoms with E-state index in [1.54, 1.807) is 0 Å². The number of carboxylic acid groups (broad SMARTS) is 1. The maximum absolute atomic E-state index is 14.2. The van der Waals surface area contributed by atoms with Gasteiger partial charge in [-0.3, -0.25) is 4.79 Å². The number of sulfonamides is 1. The predicted octanol–water partition coefficient (Wildman–Crippen LogP) is 2.89. The van der Waals surface area contributed by atoms with E-state index in [4.69, 9.17) is 5.11 Å². The van der Waals surface area contributed by atoms with Crippen molar-refractivity contribution in [2.75, 3.05) is 0 Å². The van der Waals surface area contributed by atoms with E-state index in [9.17, 15) is 17.6 Å². The first-order valence-electron chi connectivity index (χ1n) is 7.83. The van der Waals surface area contributed by atoms with Gasteiger partial charge >= 0.3 is 5.97 Å². The van der Waals surface area contributed by atoms with Crippen LogP contribution in [0.1, 0.15) is 24.0 Å². The number of aliphatic carboxylic acids is 1. The Bertz CT molecular complexity index is 837. The van der Waals surface area contributed by atoms with Gasteiger partial charge in [0, 0.05) is 12.5 Å². The number of benzene rings is 2. The summed E-state index contributed by atoms with van der Waals surface area (Å²) in [6.07, 6.45) is 0.244. The Balaban J connectivity index is 2.24. The molecular weight excluding hydrogens is 345 g/mol. The minimum atomic E-state index is -4.10. The zero-order chi connectivity index (χ0) is 18.4. The van der Waals surface area contributed by atoms with Gasteiger partial charge in [0.05, 0.1) is 0 Å². The second-order valence-corrected chi connectivity index (χ2v) is 7.51. The first-order chi connectivity index (χ1) is 11.8.